The number of anilines is 1. The molecule has 0 aliphatic rings. The largest absolute Gasteiger partial charge is 0.460 e. The molecule has 5 nitrogen and oxygen atoms in total. The molecule has 2 heterocycles. The van der Waals surface area contributed by atoms with Crippen molar-refractivity contribution >= 4 is 11.6 Å². The summed E-state index contributed by atoms with van der Waals surface area (Å²) in [5.74, 6) is 0.580. The lowest BCUT2D eigenvalue weighted by atomic mass is 10.2. The zero-order valence-corrected chi connectivity index (χ0v) is 12.1. The normalized spacial score (nSPS) is 10.7. The molecule has 0 spiro atoms. The van der Waals surface area contributed by atoms with Gasteiger partial charge in [0.2, 0.25) is 0 Å². The van der Waals surface area contributed by atoms with Gasteiger partial charge in [-0.05, 0) is 43.7 Å². The molecule has 0 bridgehead atoms. The number of H-pyrrole nitrogens is 1. The van der Waals surface area contributed by atoms with E-state index in [1.165, 1.54) is 6.07 Å². The maximum absolute atomic E-state index is 13.5. The maximum Gasteiger partial charge on any atom is 0.276 e. The predicted molar refractivity (Wildman–Crippen MR) is 80.1 cm³/mol. The molecule has 2 N–H and O–H groups in total. The summed E-state index contributed by atoms with van der Waals surface area (Å²) in [4.78, 5) is 12.1. The molecule has 3 aromatic rings. The van der Waals surface area contributed by atoms with Crippen molar-refractivity contribution in [2.75, 3.05) is 5.32 Å². The Balaban J connectivity index is 1.78. The lowest BCUT2D eigenvalue weighted by Gasteiger charge is -2.04. The molecular weight excluding hydrogens is 285 g/mol. The molecule has 22 heavy (non-hydrogen) atoms. The number of hydrogen-bond donors (Lipinski definition) is 2. The first-order valence-corrected chi connectivity index (χ1v) is 6.72. The van der Waals surface area contributed by atoms with E-state index in [2.05, 4.69) is 15.5 Å². The topological polar surface area (TPSA) is 70.9 Å². The Morgan fingerprint density at radius 1 is 1.23 bits per heavy atom. The summed E-state index contributed by atoms with van der Waals surface area (Å²) >= 11 is 0. The van der Waals surface area contributed by atoms with Crippen LogP contribution in [0.4, 0.5) is 10.1 Å². The van der Waals surface area contributed by atoms with Gasteiger partial charge in [-0.1, -0.05) is 6.07 Å². The number of aromatic amines is 1. The second-order valence-corrected chi connectivity index (χ2v) is 5.00. The van der Waals surface area contributed by atoms with E-state index < -0.39 is 5.91 Å². The van der Waals surface area contributed by atoms with Crippen molar-refractivity contribution in [1.29, 1.82) is 0 Å². The molecule has 2 aromatic heterocycles. The number of carbonyl (C=O) groups excluding carboxylic acids is 1. The number of amides is 1. The number of nitrogens with one attached hydrogen (secondary N) is 2. The summed E-state index contributed by atoms with van der Waals surface area (Å²) in [6.07, 6.45) is 0. The standard InChI is InChI=1S/C16H14FN3O2/c1-9-3-5-11(7-12(9)17)18-16(21)14-8-13(19-20-14)15-6-4-10(2)22-15/h3-8H,1-2H3,(H,18,21)(H,19,20). The molecule has 0 radical (unpaired) electrons. The van der Waals surface area contributed by atoms with Gasteiger partial charge in [0, 0.05) is 11.8 Å². The van der Waals surface area contributed by atoms with E-state index in [0.29, 0.717) is 22.7 Å². The van der Waals surface area contributed by atoms with Crippen LogP contribution in [0.1, 0.15) is 21.8 Å². The first-order valence-electron chi connectivity index (χ1n) is 6.72. The molecule has 0 aliphatic carbocycles. The second-order valence-electron chi connectivity index (χ2n) is 5.00. The summed E-state index contributed by atoms with van der Waals surface area (Å²) in [7, 11) is 0. The highest BCUT2D eigenvalue weighted by Gasteiger charge is 2.14. The summed E-state index contributed by atoms with van der Waals surface area (Å²) in [5.41, 5.74) is 1.71. The van der Waals surface area contributed by atoms with Gasteiger partial charge in [-0.25, -0.2) is 4.39 Å². The molecule has 0 unspecified atom stereocenters. The first kappa shape index (κ1) is 14.1. The number of furan rings is 1. The SMILES string of the molecule is Cc1ccc(-c2cc(C(=O)Nc3ccc(C)c(F)c3)n[nH]2)o1. The molecule has 1 amide bonds. The quantitative estimate of drug-likeness (QED) is 0.775. The van der Waals surface area contributed by atoms with E-state index in [4.69, 9.17) is 4.42 Å². The third kappa shape index (κ3) is 2.76. The monoisotopic (exact) mass is 299 g/mol. The third-order valence-electron chi connectivity index (χ3n) is 3.25. The minimum Gasteiger partial charge on any atom is -0.460 e. The minimum atomic E-state index is -0.422. The zero-order chi connectivity index (χ0) is 15.7. The van der Waals surface area contributed by atoms with Gasteiger partial charge in [0.15, 0.2) is 11.5 Å². The zero-order valence-electron chi connectivity index (χ0n) is 12.1. The van der Waals surface area contributed by atoms with Gasteiger partial charge in [0.1, 0.15) is 17.3 Å². The van der Waals surface area contributed by atoms with Crippen molar-refractivity contribution in [3.8, 4) is 11.5 Å². The Labute approximate surface area is 126 Å². The fourth-order valence-electron chi connectivity index (χ4n) is 2.01. The van der Waals surface area contributed by atoms with Crippen molar-refractivity contribution in [1.82, 2.24) is 10.2 Å². The molecule has 6 heteroatoms. The summed E-state index contributed by atoms with van der Waals surface area (Å²) in [6, 6.07) is 9.71. The van der Waals surface area contributed by atoms with Crippen LogP contribution in [0.15, 0.2) is 40.8 Å². The number of aryl methyl sites for hydroxylation is 2. The van der Waals surface area contributed by atoms with Crippen LogP contribution in [0.3, 0.4) is 0 Å². The van der Waals surface area contributed by atoms with Crippen LogP contribution < -0.4 is 5.32 Å². The van der Waals surface area contributed by atoms with Gasteiger partial charge in [-0.3, -0.25) is 9.89 Å². The number of carbonyl (C=O) groups is 1. The lowest BCUT2D eigenvalue weighted by Crippen LogP contribution is -2.12. The highest BCUT2D eigenvalue weighted by molar-refractivity contribution is 6.03. The molecule has 1 aromatic carbocycles. The Morgan fingerprint density at radius 2 is 2.05 bits per heavy atom. The smallest absolute Gasteiger partial charge is 0.276 e. The highest BCUT2D eigenvalue weighted by Crippen LogP contribution is 2.21. The van der Waals surface area contributed by atoms with E-state index in [1.807, 2.05) is 13.0 Å². The van der Waals surface area contributed by atoms with E-state index in [0.717, 1.165) is 5.76 Å². The van der Waals surface area contributed by atoms with Crippen LogP contribution in [0.25, 0.3) is 11.5 Å². The average molecular weight is 299 g/mol. The molecule has 0 saturated carbocycles. The number of halogens is 1. The number of benzene rings is 1. The summed E-state index contributed by atoms with van der Waals surface area (Å²) < 4.78 is 18.9. The Bertz CT molecular complexity index is 836. The molecule has 0 atom stereocenters. The Hall–Kier alpha value is -2.89. The van der Waals surface area contributed by atoms with Crippen molar-refractivity contribution in [2.45, 2.75) is 13.8 Å². The van der Waals surface area contributed by atoms with Gasteiger partial charge in [-0.2, -0.15) is 5.10 Å². The number of aromatic nitrogens is 2. The summed E-state index contributed by atoms with van der Waals surface area (Å²) in [5, 5.41) is 9.30. The summed E-state index contributed by atoms with van der Waals surface area (Å²) in [6.45, 7) is 3.49. The average Bonchev–Trinajstić information content (AvgIpc) is 3.11. The van der Waals surface area contributed by atoms with Crippen LogP contribution in [-0.4, -0.2) is 16.1 Å². The highest BCUT2D eigenvalue weighted by atomic mass is 19.1. The molecule has 3 rings (SSSR count). The minimum absolute atomic E-state index is 0.199. The maximum atomic E-state index is 13.5. The second kappa shape index (κ2) is 5.48. The van der Waals surface area contributed by atoms with Crippen molar-refractivity contribution < 1.29 is 13.6 Å². The van der Waals surface area contributed by atoms with E-state index in [1.54, 1.807) is 31.2 Å². The van der Waals surface area contributed by atoms with Crippen molar-refractivity contribution in [3.63, 3.8) is 0 Å². The first-order chi connectivity index (χ1) is 10.5. The van der Waals surface area contributed by atoms with Crippen LogP contribution in [-0.2, 0) is 0 Å². The van der Waals surface area contributed by atoms with E-state index in [-0.39, 0.29) is 11.5 Å². The van der Waals surface area contributed by atoms with Gasteiger partial charge >= 0.3 is 0 Å². The van der Waals surface area contributed by atoms with Crippen LogP contribution in [0.5, 0.6) is 0 Å². The lowest BCUT2D eigenvalue weighted by molar-refractivity contribution is 0.102. The van der Waals surface area contributed by atoms with Crippen LogP contribution >= 0.6 is 0 Å². The fraction of sp³-hybridized carbons (Fsp3) is 0.125. The molecular formula is C16H14FN3O2. The molecule has 0 fully saturated rings. The van der Waals surface area contributed by atoms with Crippen molar-refractivity contribution in [2.24, 2.45) is 0 Å². The molecule has 0 aliphatic heterocycles. The van der Waals surface area contributed by atoms with Crippen LogP contribution in [0, 0.1) is 19.7 Å². The third-order valence-corrected chi connectivity index (χ3v) is 3.25. The van der Waals surface area contributed by atoms with E-state index in [9.17, 15) is 9.18 Å². The van der Waals surface area contributed by atoms with E-state index >= 15 is 0 Å². The number of rotatable bonds is 3. The predicted octanol–water partition coefficient (Wildman–Crippen LogP) is 3.68. The molecule has 112 valence electrons. The fourth-order valence-corrected chi connectivity index (χ4v) is 2.01. The van der Waals surface area contributed by atoms with Crippen LogP contribution in [0.2, 0.25) is 0 Å². The van der Waals surface area contributed by atoms with Crippen molar-refractivity contribution in [3.05, 3.63) is 59.2 Å². The molecule has 0 saturated heterocycles. The Kier molecular flexibility index (Phi) is 3.50. The van der Waals surface area contributed by atoms with Gasteiger partial charge < -0.3 is 9.73 Å². The number of nitrogens with zero attached hydrogens (tertiary/aromatic N) is 1. The van der Waals surface area contributed by atoms with Gasteiger partial charge in [0.25, 0.3) is 5.91 Å². The Morgan fingerprint density at radius 3 is 2.73 bits per heavy atom. The number of hydrogen-bond acceptors (Lipinski definition) is 3. The van der Waals surface area contributed by atoms with Gasteiger partial charge in [-0.15, -0.1) is 0 Å². The van der Waals surface area contributed by atoms with Gasteiger partial charge in [0.05, 0.1) is 0 Å².